The summed E-state index contributed by atoms with van der Waals surface area (Å²) in [5.74, 6) is 1.44. The maximum Gasteiger partial charge on any atom is 0.435 e. The molecule has 0 fully saturated rings. The molecule has 0 N–H and O–H groups in total. The number of aromatic nitrogens is 2. The zero-order chi connectivity index (χ0) is 23.8. The Balaban J connectivity index is 1.93. The minimum atomic E-state index is -0.260. The quantitative estimate of drug-likeness (QED) is 0.513. The van der Waals surface area contributed by atoms with Crippen LogP contribution in [0.25, 0.3) is 0 Å². The second-order valence-corrected chi connectivity index (χ2v) is 9.10. The van der Waals surface area contributed by atoms with Crippen molar-refractivity contribution < 1.29 is 9.53 Å². The monoisotopic (exact) mass is 439 g/mol. The number of nitrogens with zero attached hydrogens (tertiary/aromatic N) is 6. The lowest BCUT2D eigenvalue weighted by Crippen LogP contribution is -2.54. The highest BCUT2D eigenvalue weighted by atomic mass is 16.5. The molecule has 1 unspecified atom stereocenters. The van der Waals surface area contributed by atoms with E-state index in [1.165, 1.54) is 17.2 Å². The Labute approximate surface area is 192 Å². The highest BCUT2D eigenvalue weighted by Crippen LogP contribution is 2.50. The fraction of sp³-hybridized carbons (Fsp3) is 0.240. The van der Waals surface area contributed by atoms with E-state index >= 15 is 0 Å². The van der Waals surface area contributed by atoms with Crippen LogP contribution in [0.15, 0.2) is 54.9 Å². The normalized spacial score (nSPS) is 17.3. The molecule has 8 heteroatoms. The van der Waals surface area contributed by atoms with Crippen LogP contribution in [-0.2, 0) is 0 Å². The molecule has 8 nitrogen and oxygen atoms in total. The Bertz CT molecular complexity index is 1330. The van der Waals surface area contributed by atoms with Crippen LogP contribution in [-0.4, -0.2) is 29.6 Å². The van der Waals surface area contributed by atoms with Gasteiger partial charge < -0.3 is 4.74 Å². The summed E-state index contributed by atoms with van der Waals surface area (Å²) >= 11 is 0. The van der Waals surface area contributed by atoms with Crippen LogP contribution < -0.4 is 14.1 Å². The predicted octanol–water partition coefficient (Wildman–Crippen LogP) is 5.27. The highest BCUT2D eigenvalue weighted by Gasteiger charge is 2.56. The zero-order valence-corrected chi connectivity index (χ0v) is 18.9. The number of hydrogen-bond donors (Lipinski definition) is 0. The summed E-state index contributed by atoms with van der Waals surface area (Å²) in [5.41, 5.74) is 1.57. The van der Waals surface area contributed by atoms with Gasteiger partial charge in [-0.1, -0.05) is 20.8 Å². The van der Waals surface area contributed by atoms with Crippen LogP contribution in [0.5, 0.6) is 11.5 Å². The molecule has 0 radical (unpaired) electrons. The number of anilines is 1. The molecule has 4 rings (SSSR count). The van der Waals surface area contributed by atoms with Gasteiger partial charge in [-0.2, -0.15) is 15.0 Å². The van der Waals surface area contributed by atoms with Gasteiger partial charge in [-0.3, -0.25) is 0 Å². The van der Waals surface area contributed by atoms with Crippen molar-refractivity contribution in [3.63, 3.8) is 0 Å². The minimum absolute atomic E-state index is 0.178. The van der Waals surface area contributed by atoms with Gasteiger partial charge in [-0.25, -0.2) is 19.7 Å². The molecule has 0 saturated heterocycles. The van der Waals surface area contributed by atoms with Crippen LogP contribution >= 0.6 is 0 Å². The van der Waals surface area contributed by atoms with E-state index in [-0.39, 0.29) is 21.6 Å². The van der Waals surface area contributed by atoms with E-state index in [1.54, 1.807) is 43.6 Å². The molecule has 3 aromatic rings. The number of nitriles is 2. The first kappa shape index (κ1) is 21.9. The number of carbonyl (C=O) groups excluding carboxylic acids is 1. The van der Waals surface area contributed by atoms with E-state index in [0.29, 0.717) is 40.8 Å². The molecular formula is C25H23N6O2+. The van der Waals surface area contributed by atoms with Crippen LogP contribution in [0, 0.1) is 28.1 Å². The summed E-state index contributed by atoms with van der Waals surface area (Å²) in [7, 11) is 1.70. The number of carbonyl (C=O) groups is 1. The van der Waals surface area contributed by atoms with Gasteiger partial charge in [0, 0.05) is 43.1 Å². The van der Waals surface area contributed by atoms with Crippen molar-refractivity contribution in [2.24, 2.45) is 5.41 Å². The van der Waals surface area contributed by atoms with Gasteiger partial charge in [0.15, 0.2) is 11.4 Å². The molecule has 33 heavy (non-hydrogen) atoms. The van der Waals surface area contributed by atoms with Crippen molar-refractivity contribution in [1.82, 2.24) is 14.5 Å². The highest BCUT2D eigenvalue weighted by molar-refractivity contribution is 6.12. The third kappa shape index (κ3) is 3.78. The summed E-state index contributed by atoms with van der Waals surface area (Å²) in [6.45, 7) is 6.59. The van der Waals surface area contributed by atoms with Gasteiger partial charge >= 0.3 is 6.03 Å². The molecule has 0 aliphatic carbocycles. The number of quaternary nitrogens is 1. The number of rotatable bonds is 4. The summed E-state index contributed by atoms with van der Waals surface area (Å²) in [6, 6.07) is 16.0. The lowest BCUT2D eigenvalue weighted by molar-refractivity contribution is 0.212. The van der Waals surface area contributed by atoms with E-state index < -0.39 is 0 Å². The second kappa shape index (κ2) is 8.01. The molecule has 1 aliphatic heterocycles. The van der Waals surface area contributed by atoms with E-state index in [2.05, 4.69) is 36.8 Å². The Morgan fingerprint density at radius 1 is 1.00 bits per heavy atom. The first-order valence-electron chi connectivity index (χ1n) is 10.4. The Morgan fingerprint density at radius 2 is 1.76 bits per heavy atom. The minimum Gasteiger partial charge on any atom is -0.457 e. The van der Waals surface area contributed by atoms with Crippen LogP contribution in [0.4, 0.5) is 22.0 Å². The summed E-state index contributed by atoms with van der Waals surface area (Å²) in [5, 5.41) is 19.1. The second-order valence-electron chi connectivity index (χ2n) is 9.10. The molecule has 1 aliphatic rings. The van der Waals surface area contributed by atoms with E-state index in [1.807, 2.05) is 12.1 Å². The number of pyridine rings is 2. The molecule has 1 atom stereocenters. The fourth-order valence-corrected chi connectivity index (χ4v) is 4.23. The fourth-order valence-electron chi connectivity index (χ4n) is 4.23. The predicted molar refractivity (Wildman–Crippen MR) is 124 cm³/mol. The Kier molecular flexibility index (Phi) is 5.33. The molecule has 0 saturated carbocycles. The smallest absolute Gasteiger partial charge is 0.435 e. The molecule has 0 spiro atoms. The summed E-state index contributed by atoms with van der Waals surface area (Å²) in [6.07, 6.45) is 3.15. The number of benzene rings is 1. The molecule has 164 valence electrons. The van der Waals surface area contributed by atoms with Gasteiger partial charge in [-0.05, 0) is 24.3 Å². The van der Waals surface area contributed by atoms with Crippen LogP contribution in [0.2, 0.25) is 0 Å². The number of urea groups is 1. The van der Waals surface area contributed by atoms with Gasteiger partial charge in [0.1, 0.15) is 41.4 Å². The van der Waals surface area contributed by atoms with Gasteiger partial charge in [0.2, 0.25) is 5.82 Å². The van der Waals surface area contributed by atoms with E-state index in [9.17, 15) is 10.1 Å². The van der Waals surface area contributed by atoms with Gasteiger partial charge in [-0.15, -0.1) is 0 Å². The lowest BCUT2D eigenvalue weighted by atomic mass is 9.93. The first-order chi connectivity index (χ1) is 15.7. The van der Waals surface area contributed by atoms with Crippen molar-refractivity contribution in [3.8, 4) is 23.6 Å². The Morgan fingerprint density at radius 3 is 2.45 bits per heavy atom. The third-order valence-corrected chi connectivity index (χ3v) is 5.40. The molecular weight excluding hydrogens is 416 g/mol. The Hall–Kier alpha value is -4.27. The van der Waals surface area contributed by atoms with Crippen LogP contribution in [0.1, 0.15) is 32.0 Å². The van der Waals surface area contributed by atoms with Crippen LogP contribution in [0.3, 0.4) is 0 Å². The number of hydrogen-bond acceptors (Lipinski definition) is 6. The topological polar surface area (TPSA) is 103 Å². The van der Waals surface area contributed by atoms with E-state index in [4.69, 9.17) is 10.00 Å². The third-order valence-electron chi connectivity index (χ3n) is 5.40. The molecule has 1 aromatic carbocycles. The van der Waals surface area contributed by atoms with Crippen molar-refractivity contribution >= 4 is 23.2 Å². The van der Waals surface area contributed by atoms with Crippen molar-refractivity contribution in [1.29, 1.82) is 10.5 Å². The number of ether oxygens (including phenoxy) is 1. The standard InChI is InChI=1S/C25H23N6O2/c1-25(2,3)16-31(21-6-5-10-29-23(21)30(4)24(31)32)22-13-19(8-7-17(22)14-26)33-20-9-11-28-18(12-20)15-27/h5-13H,16H2,1-4H3/q+1. The maximum atomic E-state index is 13.8. The summed E-state index contributed by atoms with van der Waals surface area (Å²) < 4.78 is 5.82. The van der Waals surface area contributed by atoms with Crippen molar-refractivity contribution in [3.05, 3.63) is 66.1 Å². The average Bonchev–Trinajstić information content (AvgIpc) is 3.01. The largest absolute Gasteiger partial charge is 0.457 e. The molecule has 3 heterocycles. The van der Waals surface area contributed by atoms with E-state index in [0.717, 1.165) is 0 Å². The van der Waals surface area contributed by atoms with Crippen molar-refractivity contribution in [2.45, 2.75) is 20.8 Å². The lowest BCUT2D eigenvalue weighted by Gasteiger charge is -2.36. The zero-order valence-electron chi connectivity index (χ0n) is 18.9. The average molecular weight is 439 g/mol. The molecule has 2 aromatic heterocycles. The summed E-state index contributed by atoms with van der Waals surface area (Å²) in [4.78, 5) is 23.8. The molecule has 2 amide bonds. The molecule has 0 bridgehead atoms. The SMILES string of the molecule is CN1C(=O)[N+](CC(C)(C)C)(c2cc(Oc3ccnc(C#N)c3)ccc2C#N)c2cccnc21. The first-order valence-corrected chi connectivity index (χ1v) is 10.4. The van der Waals surface area contributed by atoms with Crippen molar-refractivity contribution in [2.75, 3.05) is 18.5 Å². The van der Waals surface area contributed by atoms with Gasteiger partial charge in [0.05, 0.1) is 0 Å². The van der Waals surface area contributed by atoms with Gasteiger partial charge in [0.25, 0.3) is 0 Å². The maximum absolute atomic E-state index is 13.8. The number of fused-ring (bicyclic) bond motifs is 1. The number of amides is 2.